The predicted molar refractivity (Wildman–Crippen MR) is 76.8 cm³/mol. The summed E-state index contributed by atoms with van der Waals surface area (Å²) >= 11 is 1.63. The maximum absolute atomic E-state index is 5.52. The molecule has 1 atom stereocenters. The molecule has 0 aliphatic heterocycles. The van der Waals surface area contributed by atoms with Crippen LogP contribution < -0.4 is 5.73 Å². The summed E-state index contributed by atoms with van der Waals surface area (Å²) in [5.74, 6) is 0.612. The van der Waals surface area contributed by atoms with Crippen LogP contribution in [0, 0.1) is 0 Å². The molecule has 96 valence electrons. The Morgan fingerprint density at radius 3 is 2.56 bits per heavy atom. The second-order valence-corrected chi connectivity index (χ2v) is 5.53. The summed E-state index contributed by atoms with van der Waals surface area (Å²) in [5.41, 5.74) is 8.04. The van der Waals surface area contributed by atoms with Gasteiger partial charge >= 0.3 is 0 Å². The molecule has 1 aromatic carbocycles. The van der Waals surface area contributed by atoms with Gasteiger partial charge in [0.1, 0.15) is 10.0 Å². The molecule has 2 rings (SSSR count). The van der Waals surface area contributed by atoms with Crippen LogP contribution in [0.15, 0.2) is 24.3 Å². The number of hydrogen-bond donors (Lipinski definition) is 1. The van der Waals surface area contributed by atoms with Gasteiger partial charge in [-0.05, 0) is 24.4 Å². The van der Waals surface area contributed by atoms with Gasteiger partial charge in [0.2, 0.25) is 0 Å². The smallest absolute Gasteiger partial charge is 0.147 e. The van der Waals surface area contributed by atoms with Gasteiger partial charge in [0.25, 0.3) is 0 Å². The Morgan fingerprint density at radius 1 is 1.22 bits per heavy atom. The second-order valence-electron chi connectivity index (χ2n) is 4.47. The highest BCUT2D eigenvalue weighted by Crippen LogP contribution is 2.26. The molecule has 2 aromatic rings. The van der Waals surface area contributed by atoms with Crippen molar-refractivity contribution in [1.82, 2.24) is 10.2 Å². The van der Waals surface area contributed by atoms with Gasteiger partial charge in [-0.2, -0.15) is 0 Å². The van der Waals surface area contributed by atoms with Crippen LogP contribution in [0.1, 0.15) is 36.8 Å². The van der Waals surface area contributed by atoms with E-state index in [2.05, 4.69) is 48.3 Å². The average molecular weight is 261 g/mol. The summed E-state index contributed by atoms with van der Waals surface area (Å²) < 4.78 is 0. The van der Waals surface area contributed by atoms with Gasteiger partial charge in [-0.25, -0.2) is 0 Å². The van der Waals surface area contributed by atoms with Gasteiger partial charge < -0.3 is 5.73 Å². The Kier molecular flexibility index (Phi) is 4.44. The predicted octanol–water partition coefficient (Wildman–Crippen LogP) is 3.22. The first-order valence-corrected chi connectivity index (χ1v) is 7.19. The van der Waals surface area contributed by atoms with Crippen LogP contribution in [0.4, 0.5) is 0 Å². The summed E-state index contributed by atoms with van der Waals surface area (Å²) in [5, 5.41) is 10.4. The lowest BCUT2D eigenvalue weighted by Crippen LogP contribution is -2.01. The van der Waals surface area contributed by atoms with Crippen LogP contribution in [0.2, 0.25) is 0 Å². The molecule has 2 N–H and O–H groups in total. The summed E-state index contributed by atoms with van der Waals surface area (Å²) in [6.45, 7) is 5.09. The van der Waals surface area contributed by atoms with E-state index in [1.54, 1.807) is 11.3 Å². The lowest BCUT2D eigenvalue weighted by molar-refractivity contribution is 0.734. The largest absolute Gasteiger partial charge is 0.330 e. The number of aromatic nitrogens is 2. The van der Waals surface area contributed by atoms with Crippen molar-refractivity contribution in [3.63, 3.8) is 0 Å². The summed E-state index contributed by atoms with van der Waals surface area (Å²) in [6.07, 6.45) is 1.97. The Balaban J connectivity index is 2.17. The van der Waals surface area contributed by atoms with E-state index in [0.717, 1.165) is 22.0 Å². The van der Waals surface area contributed by atoms with E-state index in [-0.39, 0.29) is 0 Å². The third-order valence-electron chi connectivity index (χ3n) is 3.16. The Morgan fingerprint density at radius 2 is 1.94 bits per heavy atom. The van der Waals surface area contributed by atoms with Crippen molar-refractivity contribution in [3.05, 3.63) is 34.8 Å². The highest BCUT2D eigenvalue weighted by Gasteiger charge is 2.07. The van der Waals surface area contributed by atoms with Crippen molar-refractivity contribution >= 4 is 11.3 Å². The third kappa shape index (κ3) is 2.94. The normalized spacial score (nSPS) is 12.6. The monoisotopic (exact) mass is 261 g/mol. The molecule has 4 heteroatoms. The summed E-state index contributed by atoms with van der Waals surface area (Å²) in [7, 11) is 0. The Labute approximate surface area is 112 Å². The van der Waals surface area contributed by atoms with Crippen molar-refractivity contribution in [2.45, 2.75) is 32.6 Å². The fourth-order valence-electron chi connectivity index (χ4n) is 1.78. The summed E-state index contributed by atoms with van der Waals surface area (Å²) in [6, 6.07) is 8.64. The topological polar surface area (TPSA) is 51.8 Å². The number of hydrogen-bond acceptors (Lipinski definition) is 4. The number of benzene rings is 1. The zero-order valence-electron chi connectivity index (χ0n) is 10.9. The van der Waals surface area contributed by atoms with Gasteiger partial charge in [-0.15, -0.1) is 10.2 Å². The van der Waals surface area contributed by atoms with E-state index >= 15 is 0 Å². The fraction of sp³-hybridized carbons (Fsp3) is 0.429. The molecule has 0 bridgehead atoms. The first kappa shape index (κ1) is 13.2. The number of rotatable bonds is 5. The minimum atomic E-state index is 0.612. The van der Waals surface area contributed by atoms with E-state index in [4.69, 9.17) is 5.73 Å². The maximum Gasteiger partial charge on any atom is 0.147 e. The van der Waals surface area contributed by atoms with E-state index in [1.807, 2.05) is 0 Å². The highest BCUT2D eigenvalue weighted by atomic mass is 32.1. The van der Waals surface area contributed by atoms with E-state index in [0.29, 0.717) is 12.5 Å². The molecule has 0 saturated carbocycles. The van der Waals surface area contributed by atoms with Gasteiger partial charge in [0.05, 0.1) is 0 Å². The van der Waals surface area contributed by atoms with Gasteiger partial charge in [-0.3, -0.25) is 0 Å². The van der Waals surface area contributed by atoms with Gasteiger partial charge in [-0.1, -0.05) is 49.4 Å². The lowest BCUT2D eigenvalue weighted by Gasteiger charge is -2.08. The molecule has 18 heavy (non-hydrogen) atoms. The number of nitrogens with zero attached hydrogens (tertiary/aromatic N) is 2. The standard InChI is InChI=1S/C14H19N3S/c1-3-10(2)11-4-6-12(7-5-11)14-17-16-13(18-14)8-9-15/h4-7,10H,3,8-9,15H2,1-2H3. The van der Waals surface area contributed by atoms with Crippen LogP contribution in [-0.4, -0.2) is 16.7 Å². The highest BCUT2D eigenvalue weighted by molar-refractivity contribution is 7.14. The lowest BCUT2D eigenvalue weighted by atomic mass is 9.98. The van der Waals surface area contributed by atoms with Crippen LogP contribution in [0.5, 0.6) is 0 Å². The van der Waals surface area contributed by atoms with Crippen molar-refractivity contribution < 1.29 is 0 Å². The quantitative estimate of drug-likeness (QED) is 0.899. The van der Waals surface area contributed by atoms with Crippen molar-refractivity contribution in [2.24, 2.45) is 5.73 Å². The van der Waals surface area contributed by atoms with Gasteiger partial charge in [0.15, 0.2) is 0 Å². The minimum Gasteiger partial charge on any atom is -0.330 e. The van der Waals surface area contributed by atoms with Crippen LogP contribution in [0.3, 0.4) is 0 Å². The van der Waals surface area contributed by atoms with Crippen molar-refractivity contribution in [3.8, 4) is 10.6 Å². The van der Waals surface area contributed by atoms with E-state index in [1.165, 1.54) is 12.0 Å². The second kappa shape index (κ2) is 6.07. The average Bonchev–Trinajstić information content (AvgIpc) is 2.87. The molecule has 0 radical (unpaired) electrons. The Bertz CT molecular complexity index is 490. The molecule has 0 spiro atoms. The van der Waals surface area contributed by atoms with E-state index < -0.39 is 0 Å². The summed E-state index contributed by atoms with van der Waals surface area (Å²) in [4.78, 5) is 0. The zero-order chi connectivity index (χ0) is 13.0. The van der Waals surface area contributed by atoms with Crippen LogP contribution >= 0.6 is 11.3 Å². The number of nitrogens with two attached hydrogens (primary N) is 1. The third-order valence-corrected chi connectivity index (χ3v) is 4.20. The SMILES string of the molecule is CCC(C)c1ccc(-c2nnc(CCN)s2)cc1. The molecular formula is C14H19N3S. The molecular weight excluding hydrogens is 242 g/mol. The molecule has 3 nitrogen and oxygen atoms in total. The first-order chi connectivity index (χ1) is 8.74. The van der Waals surface area contributed by atoms with Crippen LogP contribution in [-0.2, 0) is 6.42 Å². The molecule has 0 fully saturated rings. The van der Waals surface area contributed by atoms with Crippen molar-refractivity contribution in [1.29, 1.82) is 0 Å². The molecule has 0 amide bonds. The fourth-order valence-corrected chi connectivity index (χ4v) is 2.65. The first-order valence-electron chi connectivity index (χ1n) is 6.37. The molecule has 0 aliphatic carbocycles. The molecule has 1 aromatic heterocycles. The van der Waals surface area contributed by atoms with E-state index in [9.17, 15) is 0 Å². The van der Waals surface area contributed by atoms with Crippen molar-refractivity contribution in [2.75, 3.05) is 6.54 Å². The minimum absolute atomic E-state index is 0.612. The Hall–Kier alpha value is -1.26. The zero-order valence-corrected chi connectivity index (χ0v) is 11.7. The maximum atomic E-state index is 5.52. The van der Waals surface area contributed by atoms with Gasteiger partial charge in [0, 0.05) is 12.0 Å². The molecule has 1 unspecified atom stereocenters. The molecule has 0 aliphatic rings. The van der Waals surface area contributed by atoms with Crippen LogP contribution in [0.25, 0.3) is 10.6 Å². The molecule has 0 saturated heterocycles. The molecule has 1 heterocycles.